The molecular formula is C20H22N6OS. The van der Waals surface area contributed by atoms with Gasteiger partial charge in [0.05, 0.1) is 28.8 Å². The molecule has 0 bridgehead atoms. The summed E-state index contributed by atoms with van der Waals surface area (Å²) in [6.45, 7) is 7.58. The minimum Gasteiger partial charge on any atom is -0.383 e. The topological polar surface area (TPSA) is 82.1 Å². The number of hydrogen-bond acceptors (Lipinski definition) is 7. The molecule has 8 heteroatoms. The molecule has 4 aromatic rings. The first-order valence-electron chi connectivity index (χ1n) is 9.46. The number of hydrogen-bond donors (Lipinski definition) is 1. The Hall–Kier alpha value is -2.71. The van der Waals surface area contributed by atoms with E-state index < -0.39 is 0 Å². The van der Waals surface area contributed by atoms with Gasteiger partial charge in [-0.15, -0.1) is 0 Å². The van der Waals surface area contributed by atoms with E-state index in [1.54, 1.807) is 11.3 Å². The molecule has 0 saturated carbocycles. The molecule has 144 valence electrons. The number of ether oxygens (including phenoxy) is 1. The molecule has 5 rings (SSSR count). The largest absolute Gasteiger partial charge is 0.383 e. The van der Waals surface area contributed by atoms with Crippen molar-refractivity contribution in [3.63, 3.8) is 0 Å². The van der Waals surface area contributed by atoms with Crippen LogP contribution < -0.4 is 10.6 Å². The van der Waals surface area contributed by atoms with E-state index in [1.807, 2.05) is 0 Å². The summed E-state index contributed by atoms with van der Waals surface area (Å²) in [6, 6.07) is 6.68. The van der Waals surface area contributed by atoms with E-state index in [9.17, 15) is 0 Å². The lowest BCUT2D eigenvalue weighted by molar-refractivity contribution is 0.122. The number of rotatable bonds is 3. The van der Waals surface area contributed by atoms with Gasteiger partial charge in [-0.3, -0.25) is 0 Å². The molecule has 1 saturated heterocycles. The highest BCUT2D eigenvalue weighted by Gasteiger charge is 2.19. The maximum atomic E-state index is 6.23. The number of aromatic nitrogens is 4. The molecule has 0 spiro atoms. The lowest BCUT2D eigenvalue weighted by atomic mass is 10.1. The minimum absolute atomic E-state index is 0.283. The lowest BCUT2D eigenvalue weighted by Crippen LogP contribution is -2.36. The fourth-order valence-electron chi connectivity index (χ4n) is 3.69. The zero-order chi connectivity index (χ0) is 19.3. The quantitative estimate of drug-likeness (QED) is 0.570. The van der Waals surface area contributed by atoms with Crippen molar-refractivity contribution in [1.29, 1.82) is 0 Å². The smallest absolute Gasteiger partial charge is 0.186 e. The first-order valence-corrected chi connectivity index (χ1v) is 10.3. The normalized spacial score (nSPS) is 15.2. The molecule has 0 aliphatic carbocycles. The Balaban J connectivity index is 1.63. The predicted molar refractivity (Wildman–Crippen MR) is 114 cm³/mol. The Labute approximate surface area is 166 Å². The molecule has 1 aliphatic rings. The minimum atomic E-state index is 0.283. The Morgan fingerprint density at radius 2 is 2.00 bits per heavy atom. The van der Waals surface area contributed by atoms with Crippen molar-refractivity contribution < 1.29 is 4.74 Å². The molecule has 7 nitrogen and oxygen atoms in total. The van der Waals surface area contributed by atoms with Gasteiger partial charge in [0.15, 0.2) is 5.13 Å². The van der Waals surface area contributed by atoms with E-state index in [0.29, 0.717) is 5.82 Å². The molecule has 2 N–H and O–H groups in total. The van der Waals surface area contributed by atoms with Crippen LogP contribution in [0.3, 0.4) is 0 Å². The highest BCUT2D eigenvalue weighted by atomic mass is 32.1. The zero-order valence-electron chi connectivity index (χ0n) is 15.9. The predicted octanol–water partition coefficient (Wildman–Crippen LogP) is 3.71. The zero-order valence-corrected chi connectivity index (χ0v) is 16.7. The van der Waals surface area contributed by atoms with Crippen LogP contribution in [0.15, 0.2) is 30.7 Å². The average Bonchev–Trinajstić information content (AvgIpc) is 3.30. The van der Waals surface area contributed by atoms with Gasteiger partial charge in [-0.25, -0.2) is 15.0 Å². The summed E-state index contributed by atoms with van der Waals surface area (Å²) >= 11 is 1.73. The van der Waals surface area contributed by atoms with Crippen molar-refractivity contribution in [2.24, 2.45) is 0 Å². The van der Waals surface area contributed by atoms with Crippen molar-refractivity contribution in [2.45, 2.75) is 19.9 Å². The van der Waals surface area contributed by atoms with Crippen LogP contribution in [0.5, 0.6) is 0 Å². The fourth-order valence-corrected chi connectivity index (χ4v) is 4.75. The number of nitrogens with zero attached hydrogens (tertiary/aromatic N) is 5. The summed E-state index contributed by atoms with van der Waals surface area (Å²) in [5.41, 5.74) is 10.3. The third-order valence-corrected chi connectivity index (χ3v) is 6.24. The van der Waals surface area contributed by atoms with E-state index >= 15 is 0 Å². The van der Waals surface area contributed by atoms with Crippen molar-refractivity contribution in [1.82, 2.24) is 19.5 Å². The first-order chi connectivity index (χ1) is 13.6. The van der Waals surface area contributed by atoms with Crippen LogP contribution in [0.1, 0.15) is 19.9 Å². The third-order valence-electron chi connectivity index (χ3n) is 5.16. The lowest BCUT2D eigenvalue weighted by Gasteiger charge is -2.25. The van der Waals surface area contributed by atoms with Gasteiger partial charge in [-0.1, -0.05) is 17.4 Å². The molecule has 3 aromatic heterocycles. The molecular weight excluding hydrogens is 372 g/mol. The maximum absolute atomic E-state index is 6.23. The molecule has 1 fully saturated rings. The van der Waals surface area contributed by atoms with Crippen LogP contribution in [-0.2, 0) is 4.74 Å². The van der Waals surface area contributed by atoms with Crippen molar-refractivity contribution in [2.75, 3.05) is 36.9 Å². The number of benzene rings is 1. The second kappa shape index (κ2) is 6.72. The summed E-state index contributed by atoms with van der Waals surface area (Å²) in [4.78, 5) is 15.8. The molecule has 0 amide bonds. The highest BCUT2D eigenvalue weighted by molar-refractivity contribution is 7.22. The molecule has 4 heterocycles. The standard InChI is InChI=1S/C20H22N6OS/c1-12(2)26-10-14(17-18(21)22-11-23-19(17)26)13-3-4-15-16(9-13)28-20(24-15)25-5-7-27-8-6-25/h3-4,9-12H,5-8H2,1-2H3,(H2,21,22,23). The van der Waals surface area contributed by atoms with E-state index in [4.69, 9.17) is 15.5 Å². The monoisotopic (exact) mass is 394 g/mol. The molecule has 0 unspecified atom stereocenters. The highest BCUT2D eigenvalue weighted by Crippen LogP contribution is 2.37. The van der Waals surface area contributed by atoms with Gasteiger partial charge in [-0.2, -0.15) is 0 Å². The second-order valence-electron chi connectivity index (χ2n) is 7.28. The van der Waals surface area contributed by atoms with Gasteiger partial charge in [0.25, 0.3) is 0 Å². The van der Waals surface area contributed by atoms with Crippen molar-refractivity contribution in [3.05, 3.63) is 30.7 Å². The van der Waals surface area contributed by atoms with Crippen LogP contribution in [-0.4, -0.2) is 45.8 Å². The number of morpholine rings is 1. The third kappa shape index (κ3) is 2.80. The van der Waals surface area contributed by atoms with Crippen molar-refractivity contribution >= 4 is 43.5 Å². The maximum Gasteiger partial charge on any atom is 0.186 e. The van der Waals surface area contributed by atoms with E-state index in [0.717, 1.165) is 59.1 Å². The van der Waals surface area contributed by atoms with Gasteiger partial charge in [0.2, 0.25) is 0 Å². The van der Waals surface area contributed by atoms with Gasteiger partial charge in [-0.05, 0) is 31.5 Å². The van der Waals surface area contributed by atoms with Gasteiger partial charge in [0, 0.05) is 30.9 Å². The summed E-state index contributed by atoms with van der Waals surface area (Å²) in [7, 11) is 0. The molecule has 28 heavy (non-hydrogen) atoms. The van der Waals surface area contributed by atoms with Crippen molar-refractivity contribution in [3.8, 4) is 11.1 Å². The summed E-state index contributed by atoms with van der Waals surface area (Å²) < 4.78 is 8.77. The van der Waals surface area contributed by atoms with E-state index in [1.165, 1.54) is 11.0 Å². The fraction of sp³-hybridized carbons (Fsp3) is 0.350. The van der Waals surface area contributed by atoms with Gasteiger partial charge >= 0.3 is 0 Å². The summed E-state index contributed by atoms with van der Waals surface area (Å²) in [5.74, 6) is 0.512. The number of anilines is 2. The summed E-state index contributed by atoms with van der Waals surface area (Å²) in [6.07, 6.45) is 3.66. The van der Waals surface area contributed by atoms with Crippen LogP contribution in [0.2, 0.25) is 0 Å². The number of nitrogen functional groups attached to an aromatic ring is 1. The van der Waals surface area contributed by atoms with Crippen LogP contribution in [0, 0.1) is 0 Å². The Bertz CT molecular complexity index is 1160. The van der Waals surface area contributed by atoms with Crippen LogP contribution >= 0.6 is 11.3 Å². The Morgan fingerprint density at radius 1 is 1.18 bits per heavy atom. The molecule has 1 aliphatic heterocycles. The number of thiazole rings is 1. The molecule has 0 radical (unpaired) electrons. The second-order valence-corrected chi connectivity index (χ2v) is 8.29. The SMILES string of the molecule is CC(C)n1cc(-c2ccc3nc(N4CCOCC4)sc3c2)c2c(N)ncnc21. The number of nitrogens with two attached hydrogens (primary N) is 1. The van der Waals surface area contributed by atoms with Gasteiger partial charge in [0.1, 0.15) is 17.8 Å². The number of fused-ring (bicyclic) bond motifs is 2. The van der Waals surface area contributed by atoms with Crippen LogP contribution in [0.25, 0.3) is 32.4 Å². The summed E-state index contributed by atoms with van der Waals surface area (Å²) in [5, 5.41) is 1.97. The van der Waals surface area contributed by atoms with Gasteiger partial charge < -0.3 is 19.9 Å². The Morgan fingerprint density at radius 3 is 2.79 bits per heavy atom. The van der Waals surface area contributed by atoms with E-state index in [2.05, 4.69) is 57.7 Å². The van der Waals surface area contributed by atoms with E-state index in [-0.39, 0.29) is 6.04 Å². The molecule has 1 aromatic carbocycles. The molecule has 0 atom stereocenters. The average molecular weight is 395 g/mol. The first kappa shape index (κ1) is 17.4. The Kier molecular flexibility index (Phi) is 4.17. The van der Waals surface area contributed by atoms with Crippen LogP contribution in [0.4, 0.5) is 10.9 Å².